The molecule has 0 aliphatic heterocycles. The summed E-state index contributed by atoms with van der Waals surface area (Å²) in [5.74, 6) is -1.90. The van der Waals surface area contributed by atoms with E-state index in [1.54, 1.807) is 20.8 Å². The number of nitrogens with zero attached hydrogens (tertiary/aromatic N) is 3. The van der Waals surface area contributed by atoms with Crippen molar-refractivity contribution in [2.45, 2.75) is 50.7 Å². The van der Waals surface area contributed by atoms with E-state index >= 15 is 0 Å². The SMILES string of the molecule is COc1c(F)cc(-c2c(C)nc3sc(C(C)(C)O)nn23)cc1S(=O)(=O)CC(C)(C)O. The van der Waals surface area contributed by atoms with Crippen molar-refractivity contribution in [1.82, 2.24) is 14.6 Å². The standard InChI is InChI=1S/C19H24FN3O5S2/c1-10-14(23-17(21-10)29-16(22-23)19(4,5)25)11-7-12(20)15(28-6)13(8-11)30(26,27)9-18(2,3)24/h7-8,24-25H,9H2,1-6H3. The van der Waals surface area contributed by atoms with Crippen molar-refractivity contribution in [1.29, 1.82) is 0 Å². The summed E-state index contributed by atoms with van der Waals surface area (Å²) < 4.78 is 47.1. The lowest BCUT2D eigenvalue weighted by Gasteiger charge is -2.19. The van der Waals surface area contributed by atoms with Gasteiger partial charge in [0.05, 0.1) is 29.9 Å². The van der Waals surface area contributed by atoms with Gasteiger partial charge in [-0.25, -0.2) is 22.3 Å². The second kappa shape index (κ2) is 7.26. The third kappa shape index (κ3) is 4.20. The number of aliphatic hydroxyl groups is 2. The Morgan fingerprint density at radius 3 is 2.40 bits per heavy atom. The van der Waals surface area contributed by atoms with Crippen LogP contribution in [0.2, 0.25) is 0 Å². The number of sulfone groups is 1. The van der Waals surface area contributed by atoms with Crippen LogP contribution < -0.4 is 4.74 Å². The van der Waals surface area contributed by atoms with Gasteiger partial charge in [-0.05, 0) is 46.8 Å². The normalized spacial score (nSPS) is 13.2. The number of fused-ring (bicyclic) bond motifs is 1. The van der Waals surface area contributed by atoms with E-state index < -0.39 is 38.4 Å². The Morgan fingerprint density at radius 1 is 1.23 bits per heavy atom. The van der Waals surface area contributed by atoms with Crippen LogP contribution in [0, 0.1) is 12.7 Å². The Balaban J connectivity index is 2.27. The van der Waals surface area contributed by atoms with Gasteiger partial charge in [-0.15, -0.1) is 0 Å². The average molecular weight is 458 g/mol. The van der Waals surface area contributed by atoms with Crippen molar-refractivity contribution in [3.8, 4) is 17.0 Å². The Morgan fingerprint density at radius 2 is 1.87 bits per heavy atom. The van der Waals surface area contributed by atoms with E-state index in [2.05, 4.69) is 10.1 Å². The first-order chi connectivity index (χ1) is 13.6. The first-order valence-electron chi connectivity index (χ1n) is 9.06. The molecule has 2 aromatic heterocycles. The van der Waals surface area contributed by atoms with Crippen LogP contribution >= 0.6 is 11.3 Å². The largest absolute Gasteiger partial charge is 0.492 e. The van der Waals surface area contributed by atoms with Gasteiger partial charge in [-0.2, -0.15) is 5.10 Å². The number of rotatable bonds is 6. The van der Waals surface area contributed by atoms with Crippen molar-refractivity contribution < 1.29 is 27.8 Å². The highest BCUT2D eigenvalue weighted by atomic mass is 32.2. The number of methoxy groups -OCH3 is 1. The number of ether oxygens (including phenoxy) is 1. The minimum atomic E-state index is -4.08. The number of hydrogen-bond acceptors (Lipinski definition) is 8. The fourth-order valence-corrected chi connectivity index (χ4v) is 5.91. The second-order valence-electron chi connectivity index (χ2n) is 8.27. The molecule has 0 amide bonds. The highest BCUT2D eigenvalue weighted by Crippen LogP contribution is 2.37. The molecule has 2 N–H and O–H groups in total. The van der Waals surface area contributed by atoms with Crippen molar-refractivity contribution in [3.05, 3.63) is 28.7 Å². The summed E-state index contributed by atoms with van der Waals surface area (Å²) in [6.07, 6.45) is 0. The molecule has 0 fully saturated rings. The maximum Gasteiger partial charge on any atom is 0.213 e. The van der Waals surface area contributed by atoms with E-state index in [1.165, 1.54) is 42.9 Å². The summed E-state index contributed by atoms with van der Waals surface area (Å²) in [6.45, 7) is 7.59. The molecule has 11 heteroatoms. The molecule has 0 aliphatic carbocycles. The molecule has 0 atom stereocenters. The van der Waals surface area contributed by atoms with Crippen LogP contribution in [0.4, 0.5) is 4.39 Å². The van der Waals surface area contributed by atoms with Crippen molar-refractivity contribution in [2.24, 2.45) is 0 Å². The van der Waals surface area contributed by atoms with Gasteiger partial charge in [0.25, 0.3) is 0 Å². The van der Waals surface area contributed by atoms with Crippen LogP contribution in [0.25, 0.3) is 16.2 Å². The summed E-state index contributed by atoms with van der Waals surface area (Å²) in [5.41, 5.74) is -1.56. The molecule has 0 saturated carbocycles. The molecule has 164 valence electrons. The number of aryl methyl sites for hydroxylation is 1. The van der Waals surface area contributed by atoms with E-state index in [0.717, 1.165) is 6.07 Å². The van der Waals surface area contributed by atoms with Crippen LogP contribution in [0.5, 0.6) is 5.75 Å². The van der Waals surface area contributed by atoms with E-state index in [1.807, 2.05) is 0 Å². The molecule has 0 spiro atoms. The zero-order valence-electron chi connectivity index (χ0n) is 17.5. The van der Waals surface area contributed by atoms with Gasteiger partial charge in [0.15, 0.2) is 21.4 Å². The average Bonchev–Trinajstić information content (AvgIpc) is 3.08. The lowest BCUT2D eigenvalue weighted by molar-refractivity contribution is 0.0773. The zero-order chi connectivity index (χ0) is 22.6. The predicted octanol–water partition coefficient (Wildman–Crippen LogP) is 2.69. The predicted molar refractivity (Wildman–Crippen MR) is 111 cm³/mol. The van der Waals surface area contributed by atoms with Crippen molar-refractivity contribution in [2.75, 3.05) is 12.9 Å². The summed E-state index contributed by atoms with van der Waals surface area (Å²) in [4.78, 5) is 4.53. The van der Waals surface area contributed by atoms with Gasteiger partial charge in [0, 0.05) is 5.56 Å². The Hall–Kier alpha value is -2.08. The van der Waals surface area contributed by atoms with E-state index in [-0.39, 0.29) is 10.5 Å². The molecule has 8 nitrogen and oxygen atoms in total. The topological polar surface area (TPSA) is 114 Å². The summed E-state index contributed by atoms with van der Waals surface area (Å²) >= 11 is 1.18. The fourth-order valence-electron chi connectivity index (χ4n) is 3.10. The van der Waals surface area contributed by atoms with Gasteiger partial charge >= 0.3 is 0 Å². The van der Waals surface area contributed by atoms with E-state index in [9.17, 15) is 23.0 Å². The van der Waals surface area contributed by atoms with E-state index in [4.69, 9.17) is 4.74 Å². The highest BCUT2D eigenvalue weighted by molar-refractivity contribution is 7.91. The maximum absolute atomic E-state index is 14.9. The minimum absolute atomic E-state index is 0.236. The Kier molecular flexibility index (Phi) is 5.47. The van der Waals surface area contributed by atoms with Crippen LogP contribution in [0.15, 0.2) is 17.0 Å². The van der Waals surface area contributed by atoms with Crippen LogP contribution in [-0.4, -0.2) is 51.7 Å². The van der Waals surface area contributed by atoms with Gasteiger partial charge in [-0.1, -0.05) is 11.3 Å². The smallest absolute Gasteiger partial charge is 0.213 e. The molecule has 2 heterocycles. The van der Waals surface area contributed by atoms with Gasteiger partial charge in [0.1, 0.15) is 15.5 Å². The number of benzene rings is 1. The molecule has 3 rings (SSSR count). The second-order valence-corrected chi connectivity index (χ2v) is 11.2. The molecule has 0 aliphatic rings. The van der Waals surface area contributed by atoms with Crippen LogP contribution in [-0.2, 0) is 15.4 Å². The van der Waals surface area contributed by atoms with Crippen molar-refractivity contribution >= 4 is 26.1 Å². The zero-order valence-corrected chi connectivity index (χ0v) is 19.2. The Labute approximate surface area is 177 Å². The quantitative estimate of drug-likeness (QED) is 0.585. The van der Waals surface area contributed by atoms with Gasteiger partial charge in [-0.3, -0.25) is 0 Å². The third-order valence-corrected chi connectivity index (χ3v) is 7.55. The number of hydrogen-bond donors (Lipinski definition) is 2. The summed E-state index contributed by atoms with van der Waals surface area (Å²) in [7, 11) is -2.90. The van der Waals surface area contributed by atoms with Gasteiger partial charge < -0.3 is 14.9 Å². The van der Waals surface area contributed by atoms with Crippen molar-refractivity contribution in [3.63, 3.8) is 0 Å². The minimum Gasteiger partial charge on any atom is -0.492 e. The molecule has 0 radical (unpaired) electrons. The molecule has 1 aromatic carbocycles. The highest BCUT2D eigenvalue weighted by Gasteiger charge is 2.31. The first kappa shape index (κ1) is 22.6. The molecule has 3 aromatic rings. The third-order valence-electron chi connectivity index (χ3n) is 4.27. The lowest BCUT2D eigenvalue weighted by Crippen LogP contribution is -2.30. The number of aromatic nitrogens is 3. The monoisotopic (exact) mass is 457 g/mol. The molecule has 0 saturated heterocycles. The van der Waals surface area contributed by atoms with Crippen LogP contribution in [0.1, 0.15) is 38.4 Å². The maximum atomic E-state index is 14.9. The fraction of sp³-hybridized carbons (Fsp3) is 0.474. The first-order valence-corrected chi connectivity index (χ1v) is 11.5. The Bertz CT molecular complexity index is 1220. The molecule has 0 bridgehead atoms. The number of halogens is 1. The molecule has 0 unspecified atom stereocenters. The molecular formula is C19H24FN3O5S2. The van der Waals surface area contributed by atoms with Gasteiger partial charge in [0.2, 0.25) is 4.96 Å². The molecule has 30 heavy (non-hydrogen) atoms. The number of imidazole rings is 1. The lowest BCUT2D eigenvalue weighted by atomic mass is 10.1. The summed E-state index contributed by atoms with van der Waals surface area (Å²) in [5, 5.41) is 25.0. The van der Waals surface area contributed by atoms with Crippen LogP contribution in [0.3, 0.4) is 0 Å². The summed E-state index contributed by atoms with van der Waals surface area (Å²) in [6, 6.07) is 2.45. The molecular weight excluding hydrogens is 433 g/mol. The van der Waals surface area contributed by atoms with E-state index in [0.29, 0.717) is 21.4 Å².